The molecule has 7 nitrogen and oxygen atoms in total. The van der Waals surface area contributed by atoms with Crippen LogP contribution in [0.3, 0.4) is 0 Å². The molecule has 0 aliphatic carbocycles. The third-order valence-corrected chi connectivity index (χ3v) is 5.00. The zero-order valence-electron chi connectivity index (χ0n) is 16.0. The first-order valence-corrected chi connectivity index (χ1v) is 9.56. The Labute approximate surface area is 163 Å². The molecule has 0 saturated carbocycles. The number of fused-ring (bicyclic) bond motifs is 1. The van der Waals surface area contributed by atoms with Gasteiger partial charge in [0.25, 0.3) is 0 Å². The van der Waals surface area contributed by atoms with Crippen LogP contribution in [0.25, 0.3) is 0 Å². The highest BCUT2D eigenvalue weighted by Gasteiger charge is 2.28. The molecule has 28 heavy (non-hydrogen) atoms. The number of ether oxygens (including phenoxy) is 1. The molecule has 0 saturated heterocycles. The molecule has 0 radical (unpaired) electrons. The molecular formula is C21H24N4O3. The molecular weight excluding hydrogens is 356 g/mol. The van der Waals surface area contributed by atoms with E-state index >= 15 is 0 Å². The highest BCUT2D eigenvalue weighted by Crippen LogP contribution is 2.29. The van der Waals surface area contributed by atoms with Gasteiger partial charge in [0.1, 0.15) is 11.5 Å². The number of carbonyl (C=O) groups is 1. The van der Waals surface area contributed by atoms with Crippen molar-refractivity contribution in [3.8, 4) is 0 Å². The molecule has 2 aromatic heterocycles. The van der Waals surface area contributed by atoms with Crippen molar-refractivity contribution >= 4 is 5.91 Å². The third kappa shape index (κ3) is 3.99. The van der Waals surface area contributed by atoms with Gasteiger partial charge in [0.05, 0.1) is 6.54 Å². The van der Waals surface area contributed by atoms with Crippen molar-refractivity contribution in [1.82, 2.24) is 19.7 Å². The summed E-state index contributed by atoms with van der Waals surface area (Å²) >= 11 is 0. The van der Waals surface area contributed by atoms with E-state index in [-0.39, 0.29) is 12.0 Å². The molecule has 1 atom stereocenters. The van der Waals surface area contributed by atoms with E-state index < -0.39 is 0 Å². The van der Waals surface area contributed by atoms with Gasteiger partial charge in [-0.3, -0.25) is 9.48 Å². The topological polar surface area (TPSA) is 73.4 Å². The standard InChI is InChI=1S/C21H24N4O3/c1-27-20(16-7-3-2-4-8-16)21-23-17-15-24(14-10-18(17)28-21)19(26)9-5-12-25-13-6-11-22-25/h2-4,6-8,11,13,20H,5,9-10,12,14-15H2,1H3. The van der Waals surface area contributed by atoms with Crippen molar-refractivity contribution in [1.29, 1.82) is 0 Å². The van der Waals surface area contributed by atoms with Crippen LogP contribution in [0.4, 0.5) is 0 Å². The van der Waals surface area contributed by atoms with Crippen molar-refractivity contribution in [2.45, 2.75) is 38.5 Å². The van der Waals surface area contributed by atoms with Crippen LogP contribution in [0.15, 0.2) is 53.2 Å². The number of aryl methyl sites for hydroxylation is 1. The molecule has 1 aliphatic heterocycles. The number of amides is 1. The van der Waals surface area contributed by atoms with Crippen LogP contribution in [0.5, 0.6) is 0 Å². The maximum Gasteiger partial charge on any atom is 0.228 e. The molecule has 4 rings (SSSR count). The maximum absolute atomic E-state index is 12.6. The average molecular weight is 380 g/mol. The molecule has 1 unspecified atom stereocenters. The highest BCUT2D eigenvalue weighted by atomic mass is 16.5. The molecule has 7 heteroatoms. The molecule has 0 spiro atoms. The Bertz CT molecular complexity index is 905. The number of carbonyl (C=O) groups excluding carboxylic acids is 1. The molecule has 3 aromatic rings. The fourth-order valence-electron chi connectivity index (χ4n) is 3.53. The molecule has 0 bridgehead atoms. The first-order valence-electron chi connectivity index (χ1n) is 9.56. The van der Waals surface area contributed by atoms with Gasteiger partial charge in [-0.25, -0.2) is 4.98 Å². The first kappa shape index (κ1) is 18.4. The molecule has 0 fully saturated rings. The summed E-state index contributed by atoms with van der Waals surface area (Å²) in [5.74, 6) is 1.55. The summed E-state index contributed by atoms with van der Waals surface area (Å²) in [7, 11) is 1.65. The van der Waals surface area contributed by atoms with E-state index in [1.165, 1.54) is 0 Å². The molecule has 3 heterocycles. The number of aromatic nitrogens is 3. The van der Waals surface area contributed by atoms with Gasteiger partial charge in [-0.05, 0) is 18.1 Å². The minimum Gasteiger partial charge on any atom is -0.442 e. The van der Waals surface area contributed by atoms with Gasteiger partial charge in [-0.2, -0.15) is 5.10 Å². The monoisotopic (exact) mass is 380 g/mol. The van der Waals surface area contributed by atoms with Gasteiger partial charge in [0.15, 0.2) is 6.10 Å². The van der Waals surface area contributed by atoms with Gasteiger partial charge in [0, 0.05) is 45.4 Å². The van der Waals surface area contributed by atoms with E-state index in [2.05, 4.69) is 10.1 Å². The van der Waals surface area contributed by atoms with Crippen LogP contribution in [0.1, 0.15) is 41.9 Å². The second kappa shape index (κ2) is 8.39. The number of benzene rings is 1. The Morgan fingerprint density at radius 3 is 2.89 bits per heavy atom. The van der Waals surface area contributed by atoms with Gasteiger partial charge in [-0.1, -0.05) is 30.3 Å². The molecule has 1 amide bonds. The Morgan fingerprint density at radius 2 is 2.14 bits per heavy atom. The smallest absolute Gasteiger partial charge is 0.228 e. The van der Waals surface area contributed by atoms with Gasteiger partial charge >= 0.3 is 0 Å². The maximum atomic E-state index is 12.6. The summed E-state index contributed by atoms with van der Waals surface area (Å²) < 4.78 is 13.5. The predicted octanol–water partition coefficient (Wildman–Crippen LogP) is 2.97. The van der Waals surface area contributed by atoms with E-state index in [9.17, 15) is 4.79 Å². The van der Waals surface area contributed by atoms with Crippen molar-refractivity contribution in [2.75, 3.05) is 13.7 Å². The fourth-order valence-corrected chi connectivity index (χ4v) is 3.53. The van der Waals surface area contributed by atoms with E-state index in [1.54, 1.807) is 13.3 Å². The summed E-state index contributed by atoms with van der Waals surface area (Å²) in [5, 5.41) is 4.17. The number of hydrogen-bond acceptors (Lipinski definition) is 5. The SMILES string of the molecule is COC(c1ccccc1)c1nc2c(o1)CCN(C(=O)CCCn1cccn1)C2. The van der Waals surface area contributed by atoms with Crippen molar-refractivity contribution in [3.63, 3.8) is 0 Å². The van der Waals surface area contributed by atoms with Gasteiger partial charge in [0.2, 0.25) is 11.8 Å². The zero-order chi connectivity index (χ0) is 19.3. The normalized spacial score (nSPS) is 14.7. The van der Waals surface area contributed by atoms with Crippen LogP contribution in [0, 0.1) is 0 Å². The largest absolute Gasteiger partial charge is 0.442 e. The lowest BCUT2D eigenvalue weighted by atomic mass is 10.1. The molecule has 0 N–H and O–H groups in total. The minimum absolute atomic E-state index is 0.147. The predicted molar refractivity (Wildman–Crippen MR) is 102 cm³/mol. The summed E-state index contributed by atoms with van der Waals surface area (Å²) in [6, 6.07) is 11.8. The second-order valence-electron chi connectivity index (χ2n) is 6.89. The average Bonchev–Trinajstić information content (AvgIpc) is 3.38. The highest BCUT2D eigenvalue weighted by molar-refractivity contribution is 5.76. The van der Waals surface area contributed by atoms with E-state index in [0.717, 1.165) is 30.0 Å². The van der Waals surface area contributed by atoms with E-state index in [4.69, 9.17) is 9.15 Å². The second-order valence-corrected chi connectivity index (χ2v) is 6.89. The van der Waals surface area contributed by atoms with Crippen molar-refractivity contribution < 1.29 is 13.9 Å². The van der Waals surface area contributed by atoms with Crippen LogP contribution in [-0.4, -0.2) is 39.2 Å². The van der Waals surface area contributed by atoms with Crippen molar-refractivity contribution in [3.05, 3.63) is 71.7 Å². The first-order chi connectivity index (χ1) is 13.7. The molecule has 146 valence electrons. The van der Waals surface area contributed by atoms with Gasteiger partial charge in [-0.15, -0.1) is 0 Å². The summed E-state index contributed by atoms with van der Waals surface area (Å²) in [6.45, 7) is 1.90. The Kier molecular flexibility index (Phi) is 5.53. The zero-order valence-corrected chi connectivity index (χ0v) is 16.0. The van der Waals surface area contributed by atoms with Gasteiger partial charge < -0.3 is 14.1 Å². The third-order valence-electron chi connectivity index (χ3n) is 5.00. The summed E-state index contributed by atoms with van der Waals surface area (Å²) in [4.78, 5) is 19.1. The van der Waals surface area contributed by atoms with E-state index in [1.807, 2.05) is 52.2 Å². The molecule has 1 aliphatic rings. The lowest BCUT2D eigenvalue weighted by molar-refractivity contribution is -0.132. The summed E-state index contributed by atoms with van der Waals surface area (Å²) in [5.41, 5.74) is 1.83. The lowest BCUT2D eigenvalue weighted by Crippen LogP contribution is -2.35. The fraction of sp³-hybridized carbons (Fsp3) is 0.381. The number of hydrogen-bond donors (Lipinski definition) is 0. The van der Waals surface area contributed by atoms with Crippen LogP contribution < -0.4 is 0 Å². The summed E-state index contributed by atoms with van der Waals surface area (Å²) in [6.07, 6.45) is 5.27. The quantitative estimate of drug-likeness (QED) is 0.630. The van der Waals surface area contributed by atoms with E-state index in [0.29, 0.717) is 31.8 Å². The van der Waals surface area contributed by atoms with Crippen molar-refractivity contribution in [2.24, 2.45) is 0 Å². The minimum atomic E-state index is -0.343. The Balaban J connectivity index is 1.39. The molecule has 1 aromatic carbocycles. The Morgan fingerprint density at radius 1 is 1.29 bits per heavy atom. The van der Waals surface area contributed by atoms with Crippen LogP contribution in [-0.2, 0) is 29.0 Å². The lowest BCUT2D eigenvalue weighted by Gasteiger charge is -2.25. The number of methoxy groups -OCH3 is 1. The number of oxazole rings is 1. The Hall–Kier alpha value is -2.93. The number of nitrogens with zero attached hydrogens (tertiary/aromatic N) is 4. The number of rotatable bonds is 7. The van der Waals surface area contributed by atoms with Crippen LogP contribution in [0.2, 0.25) is 0 Å². The van der Waals surface area contributed by atoms with Crippen LogP contribution >= 0.6 is 0 Å².